The first-order valence-corrected chi connectivity index (χ1v) is 9.86. The highest BCUT2D eigenvalue weighted by atomic mass is 32.1. The van der Waals surface area contributed by atoms with E-state index in [-0.39, 0.29) is 36.5 Å². The van der Waals surface area contributed by atoms with Crippen LogP contribution in [0.1, 0.15) is 62.5 Å². The minimum absolute atomic E-state index is 0.0310. The van der Waals surface area contributed by atoms with Crippen molar-refractivity contribution in [2.75, 3.05) is 19.7 Å². The smallest absolute Gasteiger partial charge is 0.355 e. The summed E-state index contributed by atoms with van der Waals surface area (Å²) in [5.74, 6) is -0.595. The van der Waals surface area contributed by atoms with Crippen LogP contribution in [0.5, 0.6) is 0 Å². The molecule has 7 heteroatoms. The number of carbonyl (C=O) groups is 3. The van der Waals surface area contributed by atoms with Gasteiger partial charge in [0.15, 0.2) is 5.78 Å². The fourth-order valence-corrected chi connectivity index (χ4v) is 3.73. The summed E-state index contributed by atoms with van der Waals surface area (Å²) in [5.41, 5.74) is 1.90. The van der Waals surface area contributed by atoms with Gasteiger partial charge in [0.2, 0.25) is 0 Å². The summed E-state index contributed by atoms with van der Waals surface area (Å²) in [7, 11) is 0. The third kappa shape index (κ3) is 4.86. The average molecular weight is 391 g/mol. The Morgan fingerprint density at radius 1 is 1.26 bits per heavy atom. The van der Waals surface area contributed by atoms with E-state index in [1.165, 1.54) is 11.3 Å². The Morgan fingerprint density at radius 2 is 1.96 bits per heavy atom. The maximum Gasteiger partial charge on any atom is 0.355 e. The predicted molar refractivity (Wildman–Crippen MR) is 106 cm³/mol. The van der Waals surface area contributed by atoms with Crippen LogP contribution in [0.2, 0.25) is 0 Å². The maximum absolute atomic E-state index is 13.0. The molecule has 2 aromatic rings. The first-order chi connectivity index (χ1) is 12.8. The van der Waals surface area contributed by atoms with E-state index < -0.39 is 5.97 Å². The molecule has 1 amide bonds. The number of Topliss-reactive ketones (excluding diaryl/α,β-unsaturated/α-hetero) is 1. The first kappa shape index (κ1) is 20.9. The SMILES string of the molecule is CCOC(=O)c1[nH]c(C)c(C(=O)CN(CC(C)C)C(=O)c2cccs2)c1C. The lowest BCUT2D eigenvalue weighted by Gasteiger charge is -2.23. The highest BCUT2D eigenvalue weighted by Gasteiger charge is 2.26. The van der Waals surface area contributed by atoms with Crippen molar-refractivity contribution >= 4 is 29.0 Å². The Labute approximate surface area is 163 Å². The number of aromatic amines is 1. The van der Waals surface area contributed by atoms with Gasteiger partial charge in [0.1, 0.15) is 5.69 Å². The number of esters is 1. The van der Waals surface area contributed by atoms with Crippen LogP contribution in [-0.4, -0.2) is 47.2 Å². The van der Waals surface area contributed by atoms with Crippen molar-refractivity contribution in [2.24, 2.45) is 5.92 Å². The van der Waals surface area contributed by atoms with Crippen molar-refractivity contribution in [1.82, 2.24) is 9.88 Å². The Morgan fingerprint density at radius 3 is 2.52 bits per heavy atom. The summed E-state index contributed by atoms with van der Waals surface area (Å²) in [5, 5.41) is 1.84. The molecule has 146 valence electrons. The molecule has 0 aromatic carbocycles. The number of aromatic nitrogens is 1. The van der Waals surface area contributed by atoms with Gasteiger partial charge in [0.05, 0.1) is 18.0 Å². The minimum Gasteiger partial charge on any atom is -0.461 e. The van der Waals surface area contributed by atoms with E-state index in [4.69, 9.17) is 4.74 Å². The number of rotatable bonds is 8. The third-order valence-corrected chi connectivity index (χ3v) is 4.99. The van der Waals surface area contributed by atoms with Crippen molar-refractivity contribution in [3.63, 3.8) is 0 Å². The van der Waals surface area contributed by atoms with Gasteiger partial charge in [-0.3, -0.25) is 9.59 Å². The summed E-state index contributed by atoms with van der Waals surface area (Å²) >= 11 is 1.36. The first-order valence-electron chi connectivity index (χ1n) is 8.98. The lowest BCUT2D eigenvalue weighted by molar-refractivity contribution is 0.0519. The quantitative estimate of drug-likeness (QED) is 0.548. The number of aryl methyl sites for hydroxylation is 1. The van der Waals surface area contributed by atoms with Crippen molar-refractivity contribution < 1.29 is 19.1 Å². The second kappa shape index (κ2) is 8.99. The van der Waals surface area contributed by atoms with Crippen LogP contribution in [-0.2, 0) is 4.74 Å². The molecule has 0 fully saturated rings. The molecule has 6 nitrogen and oxygen atoms in total. The molecular formula is C20H26N2O4S. The molecule has 0 unspecified atom stereocenters. The number of amides is 1. The predicted octanol–water partition coefficient (Wildman–Crippen LogP) is 3.85. The van der Waals surface area contributed by atoms with Crippen molar-refractivity contribution in [3.8, 4) is 0 Å². The molecule has 0 aliphatic rings. The fraction of sp³-hybridized carbons (Fsp3) is 0.450. The van der Waals surface area contributed by atoms with Crippen LogP contribution >= 0.6 is 11.3 Å². The van der Waals surface area contributed by atoms with Gasteiger partial charge >= 0.3 is 5.97 Å². The number of hydrogen-bond donors (Lipinski definition) is 1. The molecule has 0 spiro atoms. The Bertz CT molecular complexity index is 821. The number of thiophene rings is 1. The number of H-pyrrole nitrogens is 1. The van der Waals surface area contributed by atoms with E-state index in [0.29, 0.717) is 28.2 Å². The van der Waals surface area contributed by atoms with E-state index in [9.17, 15) is 14.4 Å². The van der Waals surface area contributed by atoms with E-state index >= 15 is 0 Å². The largest absolute Gasteiger partial charge is 0.461 e. The zero-order valence-electron chi connectivity index (χ0n) is 16.4. The number of ketones is 1. The fourth-order valence-electron chi connectivity index (χ4n) is 3.04. The monoisotopic (exact) mass is 390 g/mol. The Hall–Kier alpha value is -2.41. The van der Waals surface area contributed by atoms with Gasteiger partial charge in [-0.15, -0.1) is 11.3 Å². The lowest BCUT2D eigenvalue weighted by atomic mass is 10.0. The molecule has 2 heterocycles. The molecule has 0 bridgehead atoms. The normalized spacial score (nSPS) is 10.9. The Kier molecular flexibility index (Phi) is 6.96. The van der Waals surface area contributed by atoms with Crippen LogP contribution in [0, 0.1) is 19.8 Å². The minimum atomic E-state index is -0.481. The summed E-state index contributed by atoms with van der Waals surface area (Å²) in [4.78, 5) is 43.0. The molecular weight excluding hydrogens is 364 g/mol. The molecule has 2 aromatic heterocycles. The molecule has 0 aliphatic carbocycles. The molecule has 0 aliphatic heterocycles. The number of nitrogens with one attached hydrogen (secondary N) is 1. The second-order valence-corrected chi connectivity index (χ2v) is 7.77. The van der Waals surface area contributed by atoms with Crippen molar-refractivity contribution in [1.29, 1.82) is 0 Å². The highest BCUT2D eigenvalue weighted by molar-refractivity contribution is 7.12. The van der Waals surface area contributed by atoms with Gasteiger partial charge in [-0.1, -0.05) is 19.9 Å². The summed E-state index contributed by atoms with van der Waals surface area (Å²) < 4.78 is 5.03. The van der Waals surface area contributed by atoms with Crippen LogP contribution in [0.25, 0.3) is 0 Å². The van der Waals surface area contributed by atoms with Gasteiger partial charge in [-0.05, 0) is 43.7 Å². The molecule has 0 atom stereocenters. The molecule has 0 radical (unpaired) electrons. The van der Waals surface area contributed by atoms with Gasteiger partial charge < -0.3 is 14.6 Å². The average Bonchev–Trinajstić information content (AvgIpc) is 3.21. The van der Waals surface area contributed by atoms with E-state index in [1.807, 2.05) is 25.3 Å². The van der Waals surface area contributed by atoms with E-state index in [1.54, 1.807) is 31.7 Å². The highest BCUT2D eigenvalue weighted by Crippen LogP contribution is 2.21. The van der Waals surface area contributed by atoms with Crippen molar-refractivity contribution in [2.45, 2.75) is 34.6 Å². The van der Waals surface area contributed by atoms with Crippen molar-refractivity contribution in [3.05, 3.63) is 44.9 Å². The standard InChI is InChI=1S/C20H26N2O4S/c1-6-26-20(25)18-13(4)17(14(5)21-18)15(23)11-22(10-12(2)3)19(24)16-8-7-9-27-16/h7-9,12,21H,6,10-11H2,1-5H3. The zero-order chi connectivity index (χ0) is 20.1. The molecule has 0 saturated carbocycles. The van der Waals surface area contributed by atoms with Gasteiger partial charge in [0.25, 0.3) is 5.91 Å². The summed E-state index contributed by atoms with van der Waals surface area (Å²) in [6.45, 7) is 9.92. The maximum atomic E-state index is 13.0. The van der Waals surface area contributed by atoms with Crippen LogP contribution in [0.4, 0.5) is 0 Å². The molecule has 1 N–H and O–H groups in total. The zero-order valence-corrected chi connectivity index (χ0v) is 17.2. The third-order valence-electron chi connectivity index (χ3n) is 4.14. The Balaban J connectivity index is 2.27. The lowest BCUT2D eigenvalue weighted by Crippen LogP contribution is -2.38. The van der Waals surface area contributed by atoms with E-state index in [2.05, 4.69) is 4.98 Å². The van der Waals surface area contributed by atoms with Crippen LogP contribution in [0.15, 0.2) is 17.5 Å². The summed E-state index contributed by atoms with van der Waals surface area (Å²) in [6.07, 6.45) is 0. The number of carbonyl (C=O) groups excluding carboxylic acids is 3. The van der Waals surface area contributed by atoms with Crippen LogP contribution in [0.3, 0.4) is 0 Å². The van der Waals surface area contributed by atoms with Gasteiger partial charge in [0, 0.05) is 17.8 Å². The number of hydrogen-bond acceptors (Lipinski definition) is 5. The second-order valence-electron chi connectivity index (χ2n) is 6.83. The molecule has 2 rings (SSSR count). The summed E-state index contributed by atoms with van der Waals surface area (Å²) in [6, 6.07) is 3.58. The van der Waals surface area contributed by atoms with E-state index in [0.717, 1.165) is 0 Å². The topological polar surface area (TPSA) is 79.5 Å². The molecule has 27 heavy (non-hydrogen) atoms. The number of ether oxygens (including phenoxy) is 1. The van der Waals surface area contributed by atoms with Gasteiger partial charge in [-0.2, -0.15) is 0 Å². The number of nitrogens with zero attached hydrogens (tertiary/aromatic N) is 1. The van der Waals surface area contributed by atoms with Gasteiger partial charge in [-0.25, -0.2) is 4.79 Å². The molecule has 0 saturated heterocycles. The van der Waals surface area contributed by atoms with Crippen LogP contribution < -0.4 is 0 Å².